The molecule has 1 aliphatic carbocycles. The second kappa shape index (κ2) is 2.89. The largest absolute Gasteiger partial charge is 0.435 e. The second-order valence-electron chi connectivity index (χ2n) is 3.36. The zero-order valence-electron chi connectivity index (χ0n) is 7.49. The van der Waals surface area contributed by atoms with Crippen molar-refractivity contribution in [3.63, 3.8) is 0 Å². The highest BCUT2D eigenvalue weighted by molar-refractivity contribution is 5.40. The molecule has 0 radical (unpaired) electrons. The van der Waals surface area contributed by atoms with Crippen LogP contribution in [-0.4, -0.2) is 29.6 Å². The molecule has 0 bridgehead atoms. The molecule has 0 spiro atoms. The molecule has 1 unspecified atom stereocenters. The molecule has 0 aromatic rings. The minimum absolute atomic E-state index is 1.74. The molecule has 0 aromatic heterocycles. The highest BCUT2D eigenvalue weighted by Gasteiger charge is 2.96. The Hall–Kier alpha value is -0.960. The Morgan fingerprint density at radius 3 is 1.24 bits per heavy atom. The summed E-state index contributed by atoms with van der Waals surface area (Å²) in [6.07, 6.45) is -6.89. The zero-order valence-corrected chi connectivity index (χ0v) is 7.49. The third-order valence-corrected chi connectivity index (χ3v) is 2.41. The zero-order chi connectivity index (χ0) is 14.1. The number of allylic oxidation sites excluding steroid dienone is 1. The summed E-state index contributed by atoms with van der Waals surface area (Å²) in [6, 6.07) is 0. The van der Waals surface area contributed by atoms with E-state index >= 15 is 0 Å². The summed E-state index contributed by atoms with van der Waals surface area (Å²) in [5.41, 5.74) is -9.79. The van der Waals surface area contributed by atoms with E-state index in [9.17, 15) is 43.9 Å². The fourth-order valence-electron chi connectivity index (χ4n) is 1.36. The minimum Gasteiger partial charge on any atom is -0.219 e. The Labute approximate surface area is 86.9 Å². The average Bonchev–Trinajstić information content (AvgIpc) is 2.17. The third-order valence-electron chi connectivity index (χ3n) is 2.41. The second-order valence-corrected chi connectivity index (χ2v) is 3.36. The van der Waals surface area contributed by atoms with Crippen LogP contribution in [-0.2, 0) is 0 Å². The van der Waals surface area contributed by atoms with E-state index in [1.807, 2.05) is 0 Å². The van der Waals surface area contributed by atoms with Crippen LogP contribution in [0.5, 0.6) is 0 Å². The van der Waals surface area contributed by atoms with Crippen molar-refractivity contribution < 1.29 is 43.9 Å². The van der Waals surface area contributed by atoms with Crippen LogP contribution in [0.4, 0.5) is 43.9 Å². The van der Waals surface area contributed by atoms with Crippen molar-refractivity contribution >= 4 is 0 Å². The molecular weight excluding hydrogens is 274 g/mol. The smallest absolute Gasteiger partial charge is 0.219 e. The van der Waals surface area contributed by atoms with Gasteiger partial charge in [0.1, 0.15) is 0 Å². The molecule has 0 aromatic carbocycles. The SMILES string of the molecule is C=C1C(F)(F)C(F)(F)C(F)(C(F)(F)F)C1(F)F. The van der Waals surface area contributed by atoms with Crippen LogP contribution in [0.25, 0.3) is 0 Å². The molecule has 0 aliphatic heterocycles. The highest BCUT2D eigenvalue weighted by Crippen LogP contribution is 2.68. The lowest BCUT2D eigenvalue weighted by atomic mass is 9.96. The van der Waals surface area contributed by atoms with Gasteiger partial charge in [-0.25, -0.2) is 4.39 Å². The topological polar surface area (TPSA) is 0 Å². The first-order valence-electron chi connectivity index (χ1n) is 3.74. The maximum absolute atomic E-state index is 13.0. The number of rotatable bonds is 0. The van der Waals surface area contributed by atoms with Gasteiger partial charge in [-0.1, -0.05) is 6.58 Å². The van der Waals surface area contributed by atoms with Gasteiger partial charge in [0, 0.05) is 0 Å². The summed E-state index contributed by atoms with van der Waals surface area (Å²) < 4.78 is 125. The summed E-state index contributed by atoms with van der Waals surface area (Å²) in [7, 11) is 0. The Morgan fingerprint density at radius 1 is 0.765 bits per heavy atom. The van der Waals surface area contributed by atoms with Crippen molar-refractivity contribution in [1.29, 1.82) is 0 Å². The van der Waals surface area contributed by atoms with Crippen molar-refractivity contribution in [2.45, 2.75) is 29.6 Å². The normalized spacial score (nSPS) is 35.1. The van der Waals surface area contributed by atoms with Gasteiger partial charge in [0.2, 0.25) is 0 Å². The van der Waals surface area contributed by atoms with E-state index in [-0.39, 0.29) is 0 Å². The molecular formula is C7H2F10. The molecule has 0 amide bonds. The molecule has 1 atom stereocenters. The summed E-state index contributed by atoms with van der Waals surface area (Å²) in [5, 5.41) is 0. The number of halogens is 10. The maximum Gasteiger partial charge on any atom is 0.435 e. The van der Waals surface area contributed by atoms with Crippen LogP contribution >= 0.6 is 0 Å². The summed E-state index contributed by atoms with van der Waals surface area (Å²) in [6.45, 7) is 1.74. The maximum atomic E-state index is 13.0. The standard InChI is InChI=1S/C7H2F10/c1-2-3(8,9)5(12,7(15,16)17)6(13,14)4(2,10)11/h1H2. The molecule has 0 heterocycles. The van der Waals surface area contributed by atoms with Crippen molar-refractivity contribution in [2.75, 3.05) is 0 Å². The predicted octanol–water partition coefficient (Wildman–Crippen LogP) is 3.73. The van der Waals surface area contributed by atoms with Gasteiger partial charge < -0.3 is 0 Å². The molecule has 0 N–H and O–H groups in total. The van der Waals surface area contributed by atoms with Crippen molar-refractivity contribution in [2.24, 2.45) is 0 Å². The van der Waals surface area contributed by atoms with Crippen molar-refractivity contribution in [3.05, 3.63) is 12.2 Å². The number of alkyl halides is 10. The first kappa shape index (κ1) is 14.1. The van der Waals surface area contributed by atoms with E-state index in [4.69, 9.17) is 0 Å². The lowest BCUT2D eigenvalue weighted by molar-refractivity contribution is -0.357. The van der Waals surface area contributed by atoms with Crippen LogP contribution in [0, 0.1) is 0 Å². The van der Waals surface area contributed by atoms with E-state index in [1.54, 1.807) is 6.58 Å². The Bertz CT molecular complexity index is 363. The van der Waals surface area contributed by atoms with E-state index < -0.39 is 35.2 Å². The van der Waals surface area contributed by atoms with E-state index in [2.05, 4.69) is 0 Å². The molecule has 10 heteroatoms. The van der Waals surface area contributed by atoms with Gasteiger partial charge >= 0.3 is 29.6 Å². The van der Waals surface area contributed by atoms with Gasteiger partial charge in [0.15, 0.2) is 0 Å². The van der Waals surface area contributed by atoms with E-state index in [1.165, 1.54) is 0 Å². The first-order valence-corrected chi connectivity index (χ1v) is 3.74. The molecule has 1 rings (SSSR count). The summed E-state index contributed by atoms with van der Waals surface area (Å²) in [5.74, 6) is -18.8. The van der Waals surface area contributed by atoms with E-state index in [0.717, 1.165) is 0 Å². The van der Waals surface area contributed by atoms with Crippen molar-refractivity contribution in [3.8, 4) is 0 Å². The van der Waals surface area contributed by atoms with Gasteiger partial charge in [0.25, 0.3) is 0 Å². The third kappa shape index (κ3) is 1.16. The van der Waals surface area contributed by atoms with E-state index in [0.29, 0.717) is 0 Å². The lowest BCUT2D eigenvalue weighted by Crippen LogP contribution is -2.63. The monoisotopic (exact) mass is 276 g/mol. The number of hydrogen-bond acceptors (Lipinski definition) is 0. The van der Waals surface area contributed by atoms with Gasteiger partial charge in [-0.15, -0.1) is 0 Å². The number of hydrogen-bond donors (Lipinski definition) is 0. The molecule has 1 saturated carbocycles. The Morgan fingerprint density at radius 2 is 1.12 bits per heavy atom. The summed E-state index contributed by atoms with van der Waals surface area (Å²) >= 11 is 0. The Balaban J connectivity index is 3.67. The lowest BCUT2D eigenvalue weighted by Gasteiger charge is -2.32. The molecule has 17 heavy (non-hydrogen) atoms. The Kier molecular flexibility index (Phi) is 2.40. The molecule has 1 fully saturated rings. The fourth-order valence-corrected chi connectivity index (χ4v) is 1.36. The molecule has 0 nitrogen and oxygen atoms in total. The minimum atomic E-state index is -6.89. The van der Waals surface area contributed by atoms with Gasteiger partial charge in [-0.3, -0.25) is 0 Å². The van der Waals surface area contributed by atoms with Gasteiger partial charge in [-0.05, 0) is 0 Å². The van der Waals surface area contributed by atoms with Crippen LogP contribution in [0.15, 0.2) is 12.2 Å². The fraction of sp³-hybridized carbons (Fsp3) is 0.714. The van der Waals surface area contributed by atoms with Gasteiger partial charge in [-0.2, -0.15) is 39.5 Å². The van der Waals surface area contributed by atoms with Crippen LogP contribution in [0.3, 0.4) is 0 Å². The molecule has 0 saturated heterocycles. The first-order chi connectivity index (χ1) is 7.15. The molecule has 100 valence electrons. The predicted molar refractivity (Wildman–Crippen MR) is 33.9 cm³/mol. The highest BCUT2D eigenvalue weighted by atomic mass is 19.4. The summed E-state index contributed by atoms with van der Waals surface area (Å²) in [4.78, 5) is 0. The average molecular weight is 276 g/mol. The van der Waals surface area contributed by atoms with Crippen LogP contribution in [0.2, 0.25) is 0 Å². The van der Waals surface area contributed by atoms with Crippen molar-refractivity contribution in [1.82, 2.24) is 0 Å². The quantitative estimate of drug-likeness (QED) is 0.467. The molecule has 1 aliphatic rings. The van der Waals surface area contributed by atoms with Gasteiger partial charge in [0.05, 0.1) is 5.57 Å². The van der Waals surface area contributed by atoms with Crippen LogP contribution in [0.1, 0.15) is 0 Å². The van der Waals surface area contributed by atoms with Crippen LogP contribution < -0.4 is 0 Å².